The fourth-order valence-electron chi connectivity index (χ4n) is 2.06. The molecule has 1 heterocycles. The summed E-state index contributed by atoms with van der Waals surface area (Å²) in [4.78, 5) is 4.37. The minimum absolute atomic E-state index is 0. The van der Waals surface area contributed by atoms with Crippen LogP contribution in [0, 0.1) is 0 Å². The van der Waals surface area contributed by atoms with Crippen LogP contribution in [-0.4, -0.2) is 14.7 Å². The first-order valence-corrected chi connectivity index (χ1v) is 6.07. The Kier molecular flexibility index (Phi) is 4.27. The molecule has 0 aliphatic heterocycles. The Labute approximate surface area is 123 Å². The van der Waals surface area contributed by atoms with Gasteiger partial charge >= 0.3 is 0 Å². The third kappa shape index (κ3) is 2.61. The van der Waals surface area contributed by atoms with E-state index >= 15 is 0 Å². The molecule has 20 heavy (non-hydrogen) atoms. The molecular formula is C15H15ClN2O2. The normalized spacial score (nSPS) is 10.3. The van der Waals surface area contributed by atoms with E-state index in [0.717, 1.165) is 22.5 Å². The van der Waals surface area contributed by atoms with Gasteiger partial charge in [0.25, 0.3) is 0 Å². The molecule has 0 atom stereocenters. The van der Waals surface area contributed by atoms with Gasteiger partial charge in [0.05, 0.1) is 11.0 Å². The highest BCUT2D eigenvalue weighted by atomic mass is 35.5. The molecule has 2 aromatic carbocycles. The van der Waals surface area contributed by atoms with Crippen molar-refractivity contribution in [3.63, 3.8) is 0 Å². The Morgan fingerprint density at radius 2 is 1.85 bits per heavy atom. The summed E-state index contributed by atoms with van der Waals surface area (Å²) < 4.78 is 7.63. The van der Waals surface area contributed by atoms with Crippen LogP contribution >= 0.6 is 12.4 Å². The smallest absolute Gasteiger partial charge is 0.135 e. The van der Waals surface area contributed by atoms with E-state index in [1.165, 1.54) is 0 Å². The Morgan fingerprint density at radius 1 is 1.10 bits per heavy atom. The van der Waals surface area contributed by atoms with Gasteiger partial charge in [-0.05, 0) is 24.3 Å². The maximum atomic E-state index is 9.21. The molecule has 1 aromatic heterocycles. The number of halogens is 1. The number of imidazole rings is 1. The van der Waals surface area contributed by atoms with Gasteiger partial charge < -0.3 is 14.4 Å². The summed E-state index contributed by atoms with van der Waals surface area (Å²) in [7, 11) is 1.89. The third-order valence-electron chi connectivity index (χ3n) is 3.07. The van der Waals surface area contributed by atoms with Crippen LogP contribution in [0.5, 0.6) is 11.5 Å². The molecule has 4 nitrogen and oxygen atoms in total. The van der Waals surface area contributed by atoms with Gasteiger partial charge in [-0.25, -0.2) is 4.98 Å². The average molecular weight is 291 g/mol. The van der Waals surface area contributed by atoms with Crippen LogP contribution in [0.4, 0.5) is 0 Å². The summed E-state index contributed by atoms with van der Waals surface area (Å²) in [6, 6.07) is 15.3. The number of hydrogen-bond acceptors (Lipinski definition) is 3. The van der Waals surface area contributed by atoms with E-state index in [1.807, 2.05) is 60.1 Å². The van der Waals surface area contributed by atoms with Gasteiger partial charge in [0, 0.05) is 13.1 Å². The van der Waals surface area contributed by atoms with Crippen molar-refractivity contribution >= 4 is 23.4 Å². The number of aliphatic hydroxyl groups excluding tert-OH is 1. The molecule has 0 unspecified atom stereocenters. The zero-order chi connectivity index (χ0) is 13.2. The van der Waals surface area contributed by atoms with Crippen molar-refractivity contribution in [1.29, 1.82) is 0 Å². The number of para-hydroxylation sites is 1. The lowest BCUT2D eigenvalue weighted by Crippen LogP contribution is -1.96. The molecule has 0 aliphatic carbocycles. The summed E-state index contributed by atoms with van der Waals surface area (Å²) >= 11 is 0. The molecule has 0 aliphatic rings. The monoisotopic (exact) mass is 290 g/mol. The lowest BCUT2D eigenvalue weighted by Gasteiger charge is -2.05. The summed E-state index contributed by atoms with van der Waals surface area (Å²) in [6.07, 6.45) is 0. The van der Waals surface area contributed by atoms with Crippen LogP contribution in [0.15, 0.2) is 48.5 Å². The van der Waals surface area contributed by atoms with Crippen molar-refractivity contribution in [1.82, 2.24) is 9.55 Å². The van der Waals surface area contributed by atoms with Gasteiger partial charge in [-0.3, -0.25) is 0 Å². The fourth-order valence-corrected chi connectivity index (χ4v) is 2.06. The minimum Gasteiger partial charge on any atom is -0.457 e. The second-order valence-electron chi connectivity index (χ2n) is 4.31. The van der Waals surface area contributed by atoms with Gasteiger partial charge in [-0.15, -0.1) is 12.4 Å². The molecule has 3 rings (SSSR count). The van der Waals surface area contributed by atoms with Gasteiger partial charge in [0.2, 0.25) is 0 Å². The molecule has 5 heteroatoms. The molecule has 104 valence electrons. The second kappa shape index (κ2) is 5.94. The Bertz CT molecular complexity index is 710. The first-order chi connectivity index (χ1) is 9.28. The number of ether oxygens (including phenoxy) is 1. The largest absolute Gasteiger partial charge is 0.457 e. The van der Waals surface area contributed by atoms with Crippen molar-refractivity contribution < 1.29 is 9.84 Å². The summed E-state index contributed by atoms with van der Waals surface area (Å²) in [5.74, 6) is 2.17. The molecular weight excluding hydrogens is 276 g/mol. The number of nitrogens with zero attached hydrogens (tertiary/aromatic N) is 2. The van der Waals surface area contributed by atoms with Gasteiger partial charge in [-0.2, -0.15) is 0 Å². The molecule has 0 saturated carbocycles. The van der Waals surface area contributed by atoms with E-state index in [4.69, 9.17) is 4.74 Å². The van der Waals surface area contributed by atoms with Gasteiger partial charge in [-0.1, -0.05) is 18.2 Å². The van der Waals surface area contributed by atoms with Crippen molar-refractivity contribution in [3.8, 4) is 11.5 Å². The lowest BCUT2D eigenvalue weighted by atomic mass is 10.3. The van der Waals surface area contributed by atoms with Crippen molar-refractivity contribution in [2.45, 2.75) is 6.61 Å². The molecule has 0 bridgehead atoms. The highest BCUT2D eigenvalue weighted by Crippen LogP contribution is 2.25. The standard InChI is InChI=1S/C15H14N2O2.ClH/c1-17-14-8-7-12(9-13(14)16-15(17)10-18)19-11-5-3-2-4-6-11;/h2-9,18H,10H2,1H3;1H. The van der Waals surface area contributed by atoms with E-state index in [0.29, 0.717) is 5.82 Å². The van der Waals surface area contributed by atoms with Crippen LogP contribution < -0.4 is 4.74 Å². The average Bonchev–Trinajstić information content (AvgIpc) is 2.76. The van der Waals surface area contributed by atoms with Crippen molar-refractivity contribution in [2.24, 2.45) is 7.05 Å². The van der Waals surface area contributed by atoms with Crippen molar-refractivity contribution in [2.75, 3.05) is 0 Å². The second-order valence-corrected chi connectivity index (χ2v) is 4.31. The van der Waals surface area contributed by atoms with Crippen LogP contribution in [0.25, 0.3) is 11.0 Å². The summed E-state index contributed by atoms with van der Waals surface area (Å²) in [6.45, 7) is -0.0694. The SMILES string of the molecule is Cl.Cn1c(CO)nc2cc(Oc3ccccc3)ccc21. The number of rotatable bonds is 3. The molecule has 3 aromatic rings. The molecule has 0 spiro atoms. The van der Waals surface area contributed by atoms with Crippen LogP contribution in [0.2, 0.25) is 0 Å². The van der Waals surface area contributed by atoms with Crippen LogP contribution in [0.3, 0.4) is 0 Å². The van der Waals surface area contributed by atoms with E-state index in [2.05, 4.69) is 4.98 Å². The van der Waals surface area contributed by atoms with Crippen molar-refractivity contribution in [3.05, 3.63) is 54.4 Å². The Morgan fingerprint density at radius 3 is 2.55 bits per heavy atom. The lowest BCUT2D eigenvalue weighted by molar-refractivity contribution is 0.268. The summed E-state index contributed by atoms with van der Waals surface area (Å²) in [5.41, 5.74) is 1.80. The number of aliphatic hydroxyl groups is 1. The van der Waals surface area contributed by atoms with E-state index in [9.17, 15) is 5.11 Å². The zero-order valence-electron chi connectivity index (χ0n) is 11.0. The topological polar surface area (TPSA) is 47.3 Å². The molecule has 1 N–H and O–H groups in total. The predicted molar refractivity (Wildman–Crippen MR) is 80.4 cm³/mol. The maximum Gasteiger partial charge on any atom is 0.135 e. The third-order valence-corrected chi connectivity index (χ3v) is 3.07. The first kappa shape index (κ1) is 14.4. The van der Waals surface area contributed by atoms with Crippen LogP contribution in [0.1, 0.15) is 5.82 Å². The summed E-state index contributed by atoms with van der Waals surface area (Å²) in [5, 5.41) is 9.21. The quantitative estimate of drug-likeness (QED) is 0.805. The van der Waals surface area contributed by atoms with Gasteiger partial charge in [0.1, 0.15) is 23.9 Å². The maximum absolute atomic E-state index is 9.21. The first-order valence-electron chi connectivity index (χ1n) is 6.07. The fraction of sp³-hybridized carbons (Fsp3) is 0.133. The molecule has 0 amide bonds. The van der Waals surface area contributed by atoms with E-state index in [-0.39, 0.29) is 19.0 Å². The number of hydrogen-bond donors (Lipinski definition) is 1. The number of benzene rings is 2. The molecule has 0 saturated heterocycles. The number of aryl methyl sites for hydroxylation is 1. The highest BCUT2D eigenvalue weighted by molar-refractivity contribution is 5.85. The van der Waals surface area contributed by atoms with Gasteiger partial charge in [0.15, 0.2) is 0 Å². The van der Waals surface area contributed by atoms with E-state index in [1.54, 1.807) is 0 Å². The number of fused-ring (bicyclic) bond motifs is 1. The molecule has 0 radical (unpaired) electrons. The highest BCUT2D eigenvalue weighted by Gasteiger charge is 2.08. The number of aromatic nitrogens is 2. The zero-order valence-corrected chi connectivity index (χ0v) is 11.8. The van der Waals surface area contributed by atoms with Crippen LogP contribution in [-0.2, 0) is 13.7 Å². The van der Waals surface area contributed by atoms with E-state index < -0.39 is 0 Å². The minimum atomic E-state index is -0.0694. The molecule has 0 fully saturated rings. The Hall–Kier alpha value is -2.04. The predicted octanol–water partition coefficient (Wildman–Crippen LogP) is 3.28. The Balaban J connectivity index is 0.00000147.